The molecule has 0 aromatic rings. The molecule has 2 saturated heterocycles. The van der Waals surface area contributed by atoms with E-state index in [1.807, 2.05) is 0 Å². The molecule has 0 aliphatic carbocycles. The summed E-state index contributed by atoms with van der Waals surface area (Å²) >= 11 is 5.07. The Labute approximate surface area is 111 Å². The van der Waals surface area contributed by atoms with Crippen LogP contribution in [0.15, 0.2) is 0 Å². The first kappa shape index (κ1) is 13.2. The summed E-state index contributed by atoms with van der Waals surface area (Å²) in [5.41, 5.74) is -1.00. The largest absolute Gasteiger partial charge is 0.508 e. The summed E-state index contributed by atoms with van der Waals surface area (Å²) in [7, 11) is 3.47. The molecule has 0 radical (unpaired) electrons. The van der Waals surface area contributed by atoms with Gasteiger partial charge in [-0.05, 0) is 0 Å². The van der Waals surface area contributed by atoms with Gasteiger partial charge in [0.25, 0.3) is 0 Å². The molecule has 1 atom stereocenters. The second-order valence-corrected chi connectivity index (χ2v) is 6.68. The number of halogens is 1. The molecule has 17 heavy (non-hydrogen) atoms. The molecular weight excluding hydrogens is 288 g/mol. The summed E-state index contributed by atoms with van der Waals surface area (Å²) in [6.45, 7) is 0.517. The number of hydrogen-bond acceptors (Lipinski definition) is 7. The van der Waals surface area contributed by atoms with Crippen LogP contribution in [0, 0.1) is 5.41 Å². The quantitative estimate of drug-likeness (QED) is 0.451. The molecule has 2 aliphatic heterocycles. The Kier molecular flexibility index (Phi) is 4.32. The van der Waals surface area contributed by atoms with Gasteiger partial charge in [0.2, 0.25) is 0 Å². The molecule has 8 heteroatoms. The van der Waals surface area contributed by atoms with E-state index < -0.39 is 11.6 Å². The lowest BCUT2D eigenvalue weighted by Crippen LogP contribution is -2.49. The van der Waals surface area contributed by atoms with Gasteiger partial charge in [-0.3, -0.25) is 0 Å². The maximum Gasteiger partial charge on any atom is 0.508 e. The topological polar surface area (TPSA) is 61.8 Å². The lowest BCUT2D eigenvalue weighted by molar-refractivity contribution is -0.0961. The van der Waals surface area contributed by atoms with Crippen molar-refractivity contribution in [2.24, 2.45) is 5.41 Å². The zero-order chi connectivity index (χ0) is 12.3. The van der Waals surface area contributed by atoms with Crippen LogP contribution in [0.3, 0.4) is 0 Å². The third-order valence-electron chi connectivity index (χ3n) is 2.77. The lowest BCUT2D eigenvalue weighted by Gasteiger charge is -2.38. The maximum atomic E-state index is 11.1. The van der Waals surface area contributed by atoms with Gasteiger partial charge < -0.3 is 14.2 Å². The molecule has 0 aromatic heterocycles. The molecule has 2 fully saturated rings. The summed E-state index contributed by atoms with van der Waals surface area (Å²) in [6, 6.07) is 0. The molecule has 2 heterocycles. The molecule has 0 aromatic carbocycles. The SMILES string of the molecule is O=C(Cl)OCCC1OC(=O)OCC12CSSC2. The Balaban J connectivity index is 1.94. The maximum absolute atomic E-state index is 11.1. The number of cyclic esters (lactones) is 2. The van der Waals surface area contributed by atoms with Gasteiger partial charge in [-0.2, -0.15) is 0 Å². The average Bonchev–Trinajstić information content (AvgIpc) is 2.73. The van der Waals surface area contributed by atoms with E-state index in [1.54, 1.807) is 21.6 Å². The Bertz CT molecular complexity index is 319. The number of ether oxygens (including phenoxy) is 3. The van der Waals surface area contributed by atoms with E-state index in [1.165, 1.54) is 0 Å². The minimum absolute atomic E-state index is 0.150. The zero-order valence-electron chi connectivity index (χ0n) is 8.85. The van der Waals surface area contributed by atoms with E-state index in [9.17, 15) is 9.59 Å². The predicted molar refractivity (Wildman–Crippen MR) is 65.4 cm³/mol. The first-order valence-corrected chi connectivity index (χ1v) is 7.89. The summed E-state index contributed by atoms with van der Waals surface area (Å²) in [4.78, 5) is 21.6. The van der Waals surface area contributed by atoms with Gasteiger partial charge in [0, 0.05) is 29.5 Å². The van der Waals surface area contributed by atoms with Crippen LogP contribution in [0.1, 0.15) is 6.42 Å². The lowest BCUT2D eigenvalue weighted by atomic mass is 9.84. The minimum atomic E-state index is -0.840. The van der Waals surface area contributed by atoms with Crippen molar-refractivity contribution in [3.63, 3.8) is 0 Å². The monoisotopic (exact) mass is 298 g/mol. The van der Waals surface area contributed by atoms with Crippen LogP contribution in [-0.2, 0) is 14.2 Å². The summed E-state index contributed by atoms with van der Waals surface area (Å²) in [6.07, 6.45) is -0.476. The first-order valence-electron chi connectivity index (χ1n) is 5.02. The standard InChI is InChI=1S/C9H11ClO5S2/c10-7(11)13-2-1-6-9(4-16-17-5-9)3-14-8(12)15-6/h6H,1-5H2. The number of carbonyl (C=O) groups is 2. The Morgan fingerprint density at radius 3 is 2.88 bits per heavy atom. The Morgan fingerprint density at radius 1 is 1.53 bits per heavy atom. The van der Waals surface area contributed by atoms with Crippen molar-refractivity contribution in [1.82, 2.24) is 0 Å². The number of carbonyl (C=O) groups excluding carboxylic acids is 2. The number of rotatable bonds is 3. The fourth-order valence-corrected chi connectivity index (χ4v) is 5.30. The van der Waals surface area contributed by atoms with Crippen molar-refractivity contribution in [2.45, 2.75) is 12.5 Å². The van der Waals surface area contributed by atoms with Crippen molar-refractivity contribution in [1.29, 1.82) is 0 Å². The minimum Gasteiger partial charge on any atom is -0.454 e. The first-order chi connectivity index (χ1) is 8.12. The van der Waals surface area contributed by atoms with E-state index >= 15 is 0 Å². The second-order valence-electron chi connectivity index (χ2n) is 3.91. The molecule has 2 aliphatic rings. The molecule has 0 bridgehead atoms. The van der Waals surface area contributed by atoms with E-state index in [2.05, 4.69) is 4.74 Å². The zero-order valence-corrected chi connectivity index (χ0v) is 11.2. The van der Waals surface area contributed by atoms with E-state index in [-0.39, 0.29) is 18.1 Å². The second kappa shape index (κ2) is 5.58. The smallest absolute Gasteiger partial charge is 0.454 e. The van der Waals surface area contributed by atoms with Gasteiger partial charge >= 0.3 is 11.6 Å². The molecule has 0 saturated carbocycles. The summed E-state index contributed by atoms with van der Waals surface area (Å²) < 4.78 is 14.8. The van der Waals surface area contributed by atoms with Crippen LogP contribution in [0.4, 0.5) is 9.59 Å². The normalized spacial score (nSPS) is 26.4. The molecular formula is C9H11ClO5S2. The van der Waals surface area contributed by atoms with E-state index in [0.29, 0.717) is 13.0 Å². The van der Waals surface area contributed by atoms with Gasteiger partial charge in [0.05, 0.1) is 12.0 Å². The van der Waals surface area contributed by atoms with Crippen LogP contribution in [-0.4, -0.2) is 42.4 Å². The van der Waals surface area contributed by atoms with Crippen molar-refractivity contribution in [3.05, 3.63) is 0 Å². The highest BCUT2D eigenvalue weighted by molar-refractivity contribution is 8.77. The van der Waals surface area contributed by atoms with Gasteiger partial charge in [0.1, 0.15) is 12.7 Å². The molecule has 0 amide bonds. The highest BCUT2D eigenvalue weighted by Crippen LogP contribution is 2.48. The molecule has 1 spiro atoms. The summed E-state index contributed by atoms with van der Waals surface area (Å²) in [5, 5.41) is 0. The highest BCUT2D eigenvalue weighted by Gasteiger charge is 2.49. The number of hydrogen-bond donors (Lipinski definition) is 0. The molecule has 0 N–H and O–H groups in total. The average molecular weight is 299 g/mol. The van der Waals surface area contributed by atoms with Gasteiger partial charge in [-0.1, -0.05) is 21.6 Å². The van der Waals surface area contributed by atoms with Crippen molar-refractivity contribution in [3.8, 4) is 0 Å². The van der Waals surface area contributed by atoms with Gasteiger partial charge in [-0.15, -0.1) is 0 Å². The fraction of sp³-hybridized carbons (Fsp3) is 0.778. The third-order valence-corrected chi connectivity index (χ3v) is 5.64. The van der Waals surface area contributed by atoms with Crippen LogP contribution < -0.4 is 0 Å². The van der Waals surface area contributed by atoms with Crippen molar-refractivity contribution < 1.29 is 23.8 Å². The van der Waals surface area contributed by atoms with Crippen LogP contribution in [0.5, 0.6) is 0 Å². The van der Waals surface area contributed by atoms with Crippen LogP contribution >= 0.6 is 33.2 Å². The van der Waals surface area contributed by atoms with E-state index in [0.717, 1.165) is 11.5 Å². The van der Waals surface area contributed by atoms with Crippen LogP contribution in [0.2, 0.25) is 0 Å². The van der Waals surface area contributed by atoms with E-state index in [4.69, 9.17) is 21.1 Å². The van der Waals surface area contributed by atoms with Gasteiger partial charge in [0.15, 0.2) is 0 Å². The molecule has 96 valence electrons. The van der Waals surface area contributed by atoms with Gasteiger partial charge in [-0.25, -0.2) is 9.59 Å². The van der Waals surface area contributed by atoms with Crippen LogP contribution in [0.25, 0.3) is 0 Å². The Hall–Kier alpha value is -0.270. The Morgan fingerprint density at radius 2 is 2.24 bits per heavy atom. The molecule has 1 unspecified atom stereocenters. The molecule has 2 rings (SSSR count). The van der Waals surface area contributed by atoms with Crippen molar-refractivity contribution >= 4 is 44.8 Å². The summed E-state index contributed by atoms with van der Waals surface area (Å²) in [5.74, 6) is 1.73. The van der Waals surface area contributed by atoms with Crippen molar-refractivity contribution in [2.75, 3.05) is 24.7 Å². The fourth-order valence-electron chi connectivity index (χ4n) is 1.81. The predicted octanol–water partition coefficient (Wildman–Crippen LogP) is 2.67. The molecule has 5 nitrogen and oxygen atoms in total. The third kappa shape index (κ3) is 3.14. The highest BCUT2D eigenvalue weighted by atomic mass is 35.5.